The number of aliphatic hydroxyl groups excluding tert-OH is 7. The Bertz CT molecular complexity index is 1350. The summed E-state index contributed by atoms with van der Waals surface area (Å²) in [7, 11) is 0. The molecule has 4 heterocycles. The molecule has 51 heavy (non-hydrogen) atoms. The van der Waals surface area contributed by atoms with E-state index in [1.54, 1.807) is 0 Å². The number of aromatic nitrogens is 1. The Labute approximate surface area is 291 Å². The van der Waals surface area contributed by atoms with E-state index in [1.807, 2.05) is 0 Å². The van der Waals surface area contributed by atoms with Crippen LogP contribution in [0.5, 0.6) is 0 Å². The molecule has 3 aliphatic heterocycles. The first-order valence-electron chi connectivity index (χ1n) is 16.0. The Hall–Kier alpha value is -3.45. The van der Waals surface area contributed by atoms with Crippen LogP contribution in [0.2, 0.25) is 0 Å². The van der Waals surface area contributed by atoms with Crippen LogP contribution < -0.4 is 21.3 Å². The van der Waals surface area contributed by atoms with Crippen LogP contribution in [0.15, 0.2) is 24.5 Å². The number of rotatable bonds is 12. The molecule has 3 aliphatic rings. The van der Waals surface area contributed by atoms with Crippen molar-refractivity contribution in [1.29, 1.82) is 0 Å². The molecule has 1 aromatic heterocycles. The summed E-state index contributed by atoms with van der Waals surface area (Å²) in [5, 5.41) is 84.2. The van der Waals surface area contributed by atoms with Crippen molar-refractivity contribution in [3.05, 3.63) is 30.1 Å². The predicted octanol–water partition coefficient (Wildman–Crippen LogP) is -6.31. The van der Waals surface area contributed by atoms with Gasteiger partial charge >= 0.3 is 0 Å². The van der Waals surface area contributed by atoms with E-state index in [-0.39, 0.29) is 5.56 Å². The highest BCUT2D eigenvalue weighted by molar-refractivity contribution is 5.94. The lowest BCUT2D eigenvalue weighted by atomic mass is 9.93. The number of hydrogen-bond donors (Lipinski definition) is 11. The van der Waals surface area contributed by atoms with E-state index in [0.29, 0.717) is 0 Å². The van der Waals surface area contributed by atoms with Crippen LogP contribution in [-0.2, 0) is 38.1 Å². The van der Waals surface area contributed by atoms with E-state index < -0.39 is 135 Å². The number of amides is 4. The number of carbonyl (C=O) groups excluding carboxylic acids is 4. The molecule has 0 bridgehead atoms. The van der Waals surface area contributed by atoms with Crippen molar-refractivity contribution in [2.45, 2.75) is 113 Å². The van der Waals surface area contributed by atoms with Crippen molar-refractivity contribution in [1.82, 2.24) is 26.3 Å². The largest absolute Gasteiger partial charge is 0.394 e. The minimum absolute atomic E-state index is 0.130. The molecule has 0 aliphatic carbocycles. The zero-order valence-corrected chi connectivity index (χ0v) is 27.8. The second kappa shape index (κ2) is 17.9. The molecule has 0 saturated carbocycles. The van der Waals surface area contributed by atoms with Gasteiger partial charge in [0, 0.05) is 33.2 Å². The van der Waals surface area contributed by atoms with E-state index in [9.17, 15) is 54.9 Å². The summed E-state index contributed by atoms with van der Waals surface area (Å²) in [6.45, 7) is 0.949. The summed E-state index contributed by atoms with van der Waals surface area (Å²) in [5.41, 5.74) is 0.130. The zero-order valence-electron chi connectivity index (χ0n) is 27.8. The SMILES string of the molecule is CC(=O)N[C@@H]1[C@@H](O)[C@H](O[C@@H]2O[C@H](CO)[C@@H](O[C@@H]3O[C@H](CO)[C@@H](O)[C@H](O)[C@H]3NC(C)=O)[C@H](O)[C@H]2NC(C)=O)[C@@H](CO)O[C@H]1NC(=O)c1cccnc1. The maximum Gasteiger partial charge on any atom is 0.254 e. The van der Waals surface area contributed by atoms with Gasteiger partial charge in [-0.1, -0.05) is 0 Å². The van der Waals surface area contributed by atoms with Gasteiger partial charge in [0.15, 0.2) is 18.8 Å². The number of carbonyl (C=O) groups is 4. The van der Waals surface area contributed by atoms with Gasteiger partial charge in [-0.3, -0.25) is 24.2 Å². The zero-order chi connectivity index (χ0) is 37.6. The minimum Gasteiger partial charge on any atom is -0.394 e. The first-order chi connectivity index (χ1) is 24.2. The van der Waals surface area contributed by atoms with Crippen molar-refractivity contribution in [2.75, 3.05) is 19.8 Å². The fraction of sp³-hybridized carbons (Fsp3) is 0.700. The summed E-state index contributed by atoms with van der Waals surface area (Å²) in [6, 6.07) is -1.36. The van der Waals surface area contributed by atoms with E-state index in [0.717, 1.165) is 20.8 Å². The molecule has 0 aromatic carbocycles. The van der Waals surface area contributed by atoms with Crippen LogP contribution >= 0.6 is 0 Å². The lowest BCUT2D eigenvalue weighted by Crippen LogP contribution is -2.72. The molecular weight excluding hydrogens is 686 g/mol. The van der Waals surface area contributed by atoms with Gasteiger partial charge in [0.25, 0.3) is 5.91 Å². The van der Waals surface area contributed by atoms with Crippen LogP contribution in [0, 0.1) is 0 Å². The third-order valence-corrected chi connectivity index (χ3v) is 8.52. The maximum absolute atomic E-state index is 12.9. The first-order valence-corrected chi connectivity index (χ1v) is 16.0. The number of hydrogen-bond acceptors (Lipinski definition) is 17. The Morgan fingerprint density at radius 3 is 1.63 bits per heavy atom. The molecule has 0 unspecified atom stereocenters. The molecule has 3 fully saturated rings. The Balaban J connectivity index is 1.59. The van der Waals surface area contributed by atoms with E-state index in [1.165, 1.54) is 24.5 Å². The van der Waals surface area contributed by atoms with Crippen LogP contribution in [0.25, 0.3) is 0 Å². The number of nitrogens with zero attached hydrogens (tertiary/aromatic N) is 1. The normalized spacial score (nSPS) is 38.3. The van der Waals surface area contributed by atoms with Gasteiger partial charge in [0.05, 0.1) is 25.4 Å². The Kier molecular flexibility index (Phi) is 14.1. The molecule has 21 nitrogen and oxygen atoms in total. The van der Waals surface area contributed by atoms with Gasteiger partial charge in [-0.05, 0) is 12.1 Å². The average molecular weight is 732 g/mol. The molecule has 15 atom stereocenters. The number of nitrogens with one attached hydrogen (secondary N) is 4. The van der Waals surface area contributed by atoms with Crippen LogP contribution in [0.1, 0.15) is 31.1 Å². The molecule has 4 rings (SSSR count). The summed E-state index contributed by atoms with van der Waals surface area (Å²) >= 11 is 0. The summed E-state index contributed by atoms with van der Waals surface area (Å²) in [4.78, 5) is 53.1. The monoisotopic (exact) mass is 731 g/mol. The van der Waals surface area contributed by atoms with Crippen molar-refractivity contribution in [3.8, 4) is 0 Å². The van der Waals surface area contributed by atoms with E-state index >= 15 is 0 Å². The van der Waals surface area contributed by atoms with E-state index in [2.05, 4.69) is 26.3 Å². The van der Waals surface area contributed by atoms with Crippen LogP contribution in [0.3, 0.4) is 0 Å². The third kappa shape index (κ3) is 9.51. The smallest absolute Gasteiger partial charge is 0.254 e. The quantitative estimate of drug-likeness (QED) is 0.0952. The Morgan fingerprint density at radius 1 is 0.667 bits per heavy atom. The second-order valence-corrected chi connectivity index (χ2v) is 12.3. The van der Waals surface area contributed by atoms with Crippen LogP contribution in [0.4, 0.5) is 0 Å². The first kappa shape index (κ1) is 40.3. The van der Waals surface area contributed by atoms with E-state index in [4.69, 9.17) is 23.7 Å². The highest BCUT2D eigenvalue weighted by atomic mass is 16.7. The molecule has 4 amide bonds. The summed E-state index contributed by atoms with van der Waals surface area (Å²) < 4.78 is 29.3. The highest BCUT2D eigenvalue weighted by Crippen LogP contribution is 2.32. The van der Waals surface area contributed by atoms with Crippen molar-refractivity contribution in [3.63, 3.8) is 0 Å². The topological polar surface area (TPSA) is 317 Å². The summed E-state index contributed by atoms with van der Waals surface area (Å²) in [6.07, 6.45) is -16.3. The van der Waals surface area contributed by atoms with Crippen molar-refractivity contribution >= 4 is 23.6 Å². The fourth-order valence-corrected chi connectivity index (χ4v) is 6.13. The summed E-state index contributed by atoms with van der Waals surface area (Å²) in [5.74, 6) is -2.66. The number of aliphatic hydroxyl groups is 7. The fourth-order valence-electron chi connectivity index (χ4n) is 6.13. The van der Waals surface area contributed by atoms with Crippen molar-refractivity contribution in [2.24, 2.45) is 0 Å². The second-order valence-electron chi connectivity index (χ2n) is 12.3. The molecule has 1 aromatic rings. The number of pyridine rings is 1. The number of ether oxygens (including phenoxy) is 5. The molecule has 0 spiro atoms. The molecular formula is C30H45N5O16. The van der Waals surface area contributed by atoms with Gasteiger partial charge < -0.3 is 80.7 Å². The highest BCUT2D eigenvalue weighted by Gasteiger charge is 2.54. The van der Waals surface area contributed by atoms with Gasteiger partial charge in [-0.2, -0.15) is 0 Å². The standard InChI is InChI=1S/C30H45N5O16/c1-11(39)32-18-23(44)25(16(9-37)47-28(18)35-27(46)14-5-4-6-31-7-14)50-30-20(34-13(3)41)24(45)26(17(10-38)49-30)51-29-19(33-12(2)40)22(43)21(42)15(8-36)48-29/h4-7,15-26,28-30,36-38,42-45H,8-10H2,1-3H3,(H,32,39)(H,33,40)(H,34,41)(H,35,46)/t15-,16-,17-,18-,19-,20-,21-,22-,23-,24-,25-,26-,28-,29+,30+/m1/s1. The minimum atomic E-state index is -1.81. The Morgan fingerprint density at radius 2 is 1.14 bits per heavy atom. The average Bonchev–Trinajstić information content (AvgIpc) is 3.09. The molecule has 11 N–H and O–H groups in total. The van der Waals surface area contributed by atoms with Gasteiger partial charge in [0.1, 0.15) is 73.1 Å². The van der Waals surface area contributed by atoms with Crippen LogP contribution in [-0.4, -0.2) is 176 Å². The predicted molar refractivity (Wildman–Crippen MR) is 166 cm³/mol. The molecule has 21 heteroatoms. The molecule has 3 saturated heterocycles. The maximum atomic E-state index is 12.9. The molecule has 0 radical (unpaired) electrons. The molecule has 286 valence electrons. The lowest BCUT2D eigenvalue weighted by Gasteiger charge is -2.50. The van der Waals surface area contributed by atoms with Gasteiger partial charge in [-0.25, -0.2) is 0 Å². The lowest BCUT2D eigenvalue weighted by molar-refractivity contribution is -0.346. The third-order valence-electron chi connectivity index (χ3n) is 8.52. The van der Waals surface area contributed by atoms with Gasteiger partial charge in [0.2, 0.25) is 17.7 Å². The van der Waals surface area contributed by atoms with Gasteiger partial charge in [-0.15, -0.1) is 0 Å². The van der Waals surface area contributed by atoms with Crippen molar-refractivity contribution < 1.29 is 78.6 Å².